The molecule has 4 nitrogen and oxygen atoms in total. The molecule has 0 radical (unpaired) electrons. The minimum Gasteiger partial charge on any atom is -0.307 e. The summed E-state index contributed by atoms with van der Waals surface area (Å²) in [5.41, 5.74) is 9.57. The van der Waals surface area contributed by atoms with Crippen LogP contribution in [0.1, 0.15) is 27.8 Å². The van der Waals surface area contributed by atoms with Gasteiger partial charge >= 0.3 is 6.18 Å². The Labute approximate surface area is 343 Å². The van der Waals surface area contributed by atoms with Crippen molar-refractivity contribution in [2.24, 2.45) is 0 Å². The summed E-state index contributed by atoms with van der Waals surface area (Å²) in [6.07, 6.45) is -4.80. The second kappa shape index (κ2) is 13.9. The predicted octanol–water partition coefficient (Wildman–Crippen LogP) is 14.3. The number of para-hydroxylation sites is 2. The largest absolute Gasteiger partial charge is 0.417 e. The van der Waals surface area contributed by atoms with Crippen molar-refractivity contribution in [3.05, 3.63) is 192 Å². The number of nitriles is 2. The van der Waals surface area contributed by atoms with E-state index in [-0.39, 0.29) is 22.3 Å². The fraction of sp³-hybridized carbons (Fsp3) is 0.0566. The lowest BCUT2D eigenvalue weighted by Gasteiger charge is -2.21. The molecule has 0 fully saturated rings. The Morgan fingerprint density at radius 3 is 1.40 bits per heavy atom. The first-order chi connectivity index (χ1) is 29.1. The van der Waals surface area contributed by atoms with E-state index in [1.807, 2.05) is 54.6 Å². The summed E-state index contributed by atoms with van der Waals surface area (Å²) >= 11 is 0. The van der Waals surface area contributed by atoms with E-state index in [1.165, 1.54) is 12.1 Å². The van der Waals surface area contributed by atoms with Crippen LogP contribution in [0.5, 0.6) is 0 Å². The summed E-state index contributed by atoms with van der Waals surface area (Å²) < 4.78 is 48.9. The summed E-state index contributed by atoms with van der Waals surface area (Å²) in [4.78, 5) is 0. The molecule has 0 spiro atoms. The quantitative estimate of drug-likeness (QED) is 0.175. The highest BCUT2D eigenvalue weighted by Gasteiger charge is 2.36. The lowest BCUT2D eigenvalue weighted by molar-refractivity contribution is -0.137. The van der Waals surface area contributed by atoms with Crippen LogP contribution >= 0.6 is 0 Å². The number of rotatable bonds is 5. The standard InChI is InChI=1S/C53H33F3N4/c1-32-10-7-12-34(24-32)36-20-22-48-43(26-36)40-15-3-5-18-46(40)59(48)50-28-39(31-58)42(52-38(30-57)14-9-17-45(52)53(54,55)56)29-51(50)60-47-19-6-4-16-41(47)44-27-37(21-23-49(44)60)35-13-8-11-33(2)25-35/h3-29H,1-2H3. The molecule has 8 aromatic carbocycles. The van der Waals surface area contributed by atoms with Crippen LogP contribution in [-0.4, -0.2) is 9.13 Å². The third-order valence-electron chi connectivity index (χ3n) is 11.5. The maximum Gasteiger partial charge on any atom is 0.417 e. The van der Waals surface area contributed by atoms with Crippen molar-refractivity contribution in [2.75, 3.05) is 0 Å². The average Bonchev–Trinajstić information content (AvgIpc) is 3.77. The van der Waals surface area contributed by atoms with E-state index in [4.69, 9.17) is 0 Å². The monoisotopic (exact) mass is 782 g/mol. The van der Waals surface area contributed by atoms with Gasteiger partial charge in [0.1, 0.15) is 0 Å². The highest BCUT2D eigenvalue weighted by molar-refractivity contribution is 6.13. The SMILES string of the molecule is Cc1cccc(-c2ccc3c(c2)c2ccccc2n3-c2cc(C#N)c(-c3c(C#N)cccc3C(F)(F)F)cc2-n2c3ccccc3c3cc(-c4cccc(C)c4)ccc32)c1. The minimum atomic E-state index is -4.80. The van der Waals surface area contributed by atoms with Crippen LogP contribution < -0.4 is 0 Å². The van der Waals surface area contributed by atoms with Crippen LogP contribution in [-0.2, 0) is 6.18 Å². The van der Waals surface area contributed by atoms with Crippen LogP contribution in [0.15, 0.2) is 164 Å². The van der Waals surface area contributed by atoms with Gasteiger partial charge < -0.3 is 9.13 Å². The molecule has 2 aromatic heterocycles. The molecule has 286 valence electrons. The summed E-state index contributed by atoms with van der Waals surface area (Å²) in [6.45, 7) is 4.13. The number of nitrogens with zero attached hydrogens (tertiary/aromatic N) is 4. The van der Waals surface area contributed by atoms with E-state index >= 15 is 0 Å². The predicted molar refractivity (Wildman–Crippen MR) is 235 cm³/mol. The summed E-state index contributed by atoms with van der Waals surface area (Å²) in [6, 6.07) is 56.4. The van der Waals surface area contributed by atoms with Gasteiger partial charge in [0.25, 0.3) is 0 Å². The molecular weight excluding hydrogens is 750 g/mol. The Morgan fingerprint density at radius 2 is 0.900 bits per heavy atom. The van der Waals surface area contributed by atoms with Gasteiger partial charge in [0.15, 0.2) is 0 Å². The molecule has 0 unspecified atom stereocenters. The molecule has 0 aliphatic heterocycles. The van der Waals surface area contributed by atoms with Crippen molar-refractivity contribution >= 4 is 43.6 Å². The average molecular weight is 783 g/mol. The molecule has 0 atom stereocenters. The van der Waals surface area contributed by atoms with Crippen LogP contribution in [0, 0.1) is 36.5 Å². The zero-order valence-electron chi connectivity index (χ0n) is 32.5. The summed E-state index contributed by atoms with van der Waals surface area (Å²) in [7, 11) is 0. The third-order valence-corrected chi connectivity index (χ3v) is 11.5. The van der Waals surface area contributed by atoms with E-state index < -0.39 is 11.7 Å². The Hall–Kier alpha value is -7.87. The lowest BCUT2D eigenvalue weighted by atomic mass is 9.90. The molecule has 0 saturated carbocycles. The molecule has 0 saturated heterocycles. The first kappa shape index (κ1) is 36.5. The van der Waals surface area contributed by atoms with E-state index in [2.05, 4.69) is 114 Å². The van der Waals surface area contributed by atoms with Gasteiger partial charge in [-0.3, -0.25) is 0 Å². The Kier molecular flexibility index (Phi) is 8.45. The van der Waals surface area contributed by atoms with Crippen molar-refractivity contribution < 1.29 is 13.2 Å². The molecule has 0 aliphatic carbocycles. The van der Waals surface area contributed by atoms with Crippen molar-refractivity contribution in [1.29, 1.82) is 10.5 Å². The maximum atomic E-state index is 14.9. The summed E-state index contributed by atoms with van der Waals surface area (Å²) in [5, 5.41) is 25.0. The maximum absolute atomic E-state index is 14.9. The number of aryl methyl sites for hydroxylation is 2. The molecule has 10 aromatic rings. The van der Waals surface area contributed by atoms with Crippen LogP contribution in [0.4, 0.5) is 13.2 Å². The fourth-order valence-corrected chi connectivity index (χ4v) is 8.88. The fourth-order valence-electron chi connectivity index (χ4n) is 8.88. The molecule has 10 rings (SSSR count). The van der Waals surface area contributed by atoms with E-state index in [0.29, 0.717) is 11.4 Å². The van der Waals surface area contributed by atoms with Gasteiger partial charge in [-0.1, -0.05) is 114 Å². The molecule has 2 heterocycles. The van der Waals surface area contributed by atoms with Crippen molar-refractivity contribution in [3.63, 3.8) is 0 Å². The van der Waals surface area contributed by atoms with Gasteiger partial charge in [-0.05, 0) is 96.8 Å². The first-order valence-corrected chi connectivity index (χ1v) is 19.5. The number of hydrogen-bond donors (Lipinski definition) is 0. The number of hydrogen-bond acceptors (Lipinski definition) is 2. The Balaban J connectivity index is 1.35. The number of benzene rings is 8. The van der Waals surface area contributed by atoms with Gasteiger partial charge in [0, 0.05) is 32.7 Å². The highest BCUT2D eigenvalue weighted by atomic mass is 19.4. The topological polar surface area (TPSA) is 57.4 Å². The second-order valence-corrected chi connectivity index (χ2v) is 15.2. The molecule has 0 N–H and O–H groups in total. The molecule has 0 amide bonds. The Morgan fingerprint density at radius 1 is 0.433 bits per heavy atom. The zero-order valence-corrected chi connectivity index (χ0v) is 32.5. The first-order valence-electron chi connectivity index (χ1n) is 19.5. The van der Waals surface area contributed by atoms with Crippen molar-refractivity contribution in [2.45, 2.75) is 20.0 Å². The highest BCUT2D eigenvalue weighted by Crippen LogP contribution is 2.45. The van der Waals surface area contributed by atoms with Crippen molar-refractivity contribution in [3.8, 4) is 56.9 Å². The molecule has 60 heavy (non-hydrogen) atoms. The minimum absolute atomic E-state index is 0.00626. The molecule has 7 heteroatoms. The molecule has 0 bridgehead atoms. The Bertz CT molecular complexity index is 3480. The normalized spacial score (nSPS) is 11.7. The summed E-state index contributed by atoms with van der Waals surface area (Å²) in [5.74, 6) is 0. The lowest BCUT2D eigenvalue weighted by Crippen LogP contribution is -2.10. The molecular formula is C53H33F3N4. The number of halogens is 3. The third kappa shape index (κ3) is 5.82. The van der Waals surface area contributed by atoms with Crippen LogP contribution in [0.2, 0.25) is 0 Å². The van der Waals surface area contributed by atoms with Gasteiger partial charge in [0.05, 0.1) is 62.3 Å². The number of fused-ring (bicyclic) bond motifs is 6. The smallest absolute Gasteiger partial charge is 0.307 e. The van der Waals surface area contributed by atoms with Crippen LogP contribution in [0.3, 0.4) is 0 Å². The number of aromatic nitrogens is 2. The van der Waals surface area contributed by atoms with Crippen LogP contribution in [0.25, 0.3) is 88.4 Å². The zero-order chi connectivity index (χ0) is 41.3. The number of alkyl halides is 3. The van der Waals surface area contributed by atoms with Gasteiger partial charge in [-0.15, -0.1) is 0 Å². The van der Waals surface area contributed by atoms with E-state index in [1.54, 1.807) is 12.1 Å². The van der Waals surface area contributed by atoms with E-state index in [9.17, 15) is 23.7 Å². The van der Waals surface area contributed by atoms with Gasteiger partial charge in [0.2, 0.25) is 0 Å². The van der Waals surface area contributed by atoms with Gasteiger partial charge in [-0.2, -0.15) is 23.7 Å². The van der Waals surface area contributed by atoms with Crippen molar-refractivity contribution in [1.82, 2.24) is 9.13 Å². The second-order valence-electron chi connectivity index (χ2n) is 15.2. The van der Waals surface area contributed by atoms with Gasteiger partial charge in [-0.25, -0.2) is 0 Å². The van der Waals surface area contributed by atoms with E-state index in [0.717, 1.165) is 83.1 Å². The molecule has 0 aliphatic rings.